The quantitative estimate of drug-likeness (QED) is 0.736. The van der Waals surface area contributed by atoms with Gasteiger partial charge in [-0.3, -0.25) is 0 Å². The monoisotopic (exact) mass is 419 g/mol. The molecule has 1 atom stereocenters. The van der Waals surface area contributed by atoms with E-state index in [4.69, 9.17) is 4.74 Å². The molecule has 0 bridgehead atoms. The summed E-state index contributed by atoms with van der Waals surface area (Å²) in [5, 5.41) is 9.78. The molecule has 4 nitrogen and oxygen atoms in total. The van der Waals surface area contributed by atoms with E-state index in [9.17, 15) is 14.3 Å². The third-order valence-electron chi connectivity index (χ3n) is 4.40. The van der Waals surface area contributed by atoms with Crippen LogP contribution in [0.1, 0.15) is 30.9 Å². The molecule has 0 radical (unpaired) electrons. The van der Waals surface area contributed by atoms with Gasteiger partial charge in [0.25, 0.3) is 0 Å². The third-order valence-corrected chi connectivity index (χ3v) is 4.89. The van der Waals surface area contributed by atoms with Crippen molar-refractivity contribution in [2.45, 2.75) is 26.3 Å². The Bertz CT molecular complexity index is 881. The number of carbonyl (C=O) groups is 1. The summed E-state index contributed by atoms with van der Waals surface area (Å²) in [4.78, 5) is 13.8. The van der Waals surface area contributed by atoms with Crippen molar-refractivity contribution in [1.29, 1.82) is 0 Å². The summed E-state index contributed by atoms with van der Waals surface area (Å²) in [6.45, 7) is 4.31. The third kappa shape index (κ3) is 3.46. The average Bonchev–Trinajstić information content (AvgIpc) is 2.58. The molecule has 2 aromatic carbocycles. The number of ether oxygens (including phenoxy) is 1. The number of rotatable bonds is 5. The van der Waals surface area contributed by atoms with Crippen molar-refractivity contribution in [3.05, 3.63) is 75.3 Å². The number of benzene rings is 2. The lowest BCUT2D eigenvalue weighted by Gasteiger charge is -2.36. The van der Waals surface area contributed by atoms with Crippen LogP contribution in [-0.2, 0) is 16.1 Å². The van der Waals surface area contributed by atoms with Crippen LogP contribution in [0.25, 0.3) is 0 Å². The second-order valence-corrected chi connectivity index (χ2v) is 7.01. The summed E-state index contributed by atoms with van der Waals surface area (Å²) in [6, 6.07) is 12.0. The number of nitrogens with zero attached hydrogens (tertiary/aromatic N) is 1. The Morgan fingerprint density at radius 3 is 2.73 bits per heavy atom. The summed E-state index contributed by atoms with van der Waals surface area (Å²) in [5.74, 6) is -1.36. The van der Waals surface area contributed by atoms with Crippen molar-refractivity contribution in [3.8, 4) is 0 Å². The molecule has 0 saturated carbocycles. The minimum atomic E-state index is -1.02. The van der Waals surface area contributed by atoms with Gasteiger partial charge in [-0.1, -0.05) is 41.1 Å². The highest BCUT2D eigenvalue weighted by molar-refractivity contribution is 9.10. The van der Waals surface area contributed by atoms with E-state index in [2.05, 4.69) is 15.9 Å². The van der Waals surface area contributed by atoms with Crippen molar-refractivity contribution in [1.82, 2.24) is 0 Å². The molecule has 0 amide bonds. The Hall–Kier alpha value is -2.34. The number of halogens is 2. The Morgan fingerprint density at radius 1 is 1.31 bits per heavy atom. The molecule has 1 aliphatic rings. The first-order chi connectivity index (χ1) is 12.4. The Labute approximate surface area is 160 Å². The van der Waals surface area contributed by atoms with Crippen molar-refractivity contribution in [2.24, 2.45) is 0 Å². The Morgan fingerprint density at radius 2 is 2.08 bits per heavy atom. The van der Waals surface area contributed by atoms with Gasteiger partial charge >= 0.3 is 5.97 Å². The molecule has 136 valence electrons. The summed E-state index contributed by atoms with van der Waals surface area (Å²) < 4.78 is 20.3. The molecular formula is C20H19BrFNO3. The molecule has 0 saturated heterocycles. The van der Waals surface area contributed by atoms with Gasteiger partial charge in [-0.15, -0.1) is 0 Å². The molecule has 2 aromatic rings. The normalized spacial score (nSPS) is 16.5. The van der Waals surface area contributed by atoms with Crippen LogP contribution in [0.5, 0.6) is 0 Å². The summed E-state index contributed by atoms with van der Waals surface area (Å²) in [5.41, 5.74) is 2.68. The van der Waals surface area contributed by atoms with E-state index in [1.165, 1.54) is 12.1 Å². The summed E-state index contributed by atoms with van der Waals surface area (Å²) in [6.07, 6.45) is 0. The van der Waals surface area contributed by atoms with Crippen LogP contribution in [0.4, 0.5) is 10.1 Å². The Balaban J connectivity index is 2.17. The topological polar surface area (TPSA) is 49.8 Å². The second kappa shape index (κ2) is 7.50. The fourth-order valence-corrected chi connectivity index (χ4v) is 3.61. The van der Waals surface area contributed by atoms with E-state index < -0.39 is 5.97 Å². The van der Waals surface area contributed by atoms with Crippen LogP contribution in [0.2, 0.25) is 0 Å². The molecule has 26 heavy (non-hydrogen) atoms. The van der Waals surface area contributed by atoms with Crippen LogP contribution >= 0.6 is 15.9 Å². The molecule has 0 aromatic heterocycles. The molecule has 1 unspecified atom stereocenters. The fraction of sp³-hybridized carbons (Fsp3) is 0.250. The highest BCUT2D eigenvalue weighted by Gasteiger charge is 2.35. The predicted molar refractivity (Wildman–Crippen MR) is 101 cm³/mol. The van der Waals surface area contributed by atoms with E-state index in [1.54, 1.807) is 6.07 Å². The molecule has 1 heterocycles. The number of carboxylic acids is 1. The maximum absolute atomic E-state index is 13.6. The molecule has 0 aliphatic carbocycles. The zero-order chi connectivity index (χ0) is 18.8. The van der Waals surface area contributed by atoms with Gasteiger partial charge in [-0.25, -0.2) is 9.18 Å². The van der Waals surface area contributed by atoms with Crippen LogP contribution in [0.3, 0.4) is 0 Å². The molecule has 1 aliphatic heterocycles. The van der Waals surface area contributed by atoms with Crippen LogP contribution in [0, 0.1) is 5.82 Å². The zero-order valence-corrected chi connectivity index (χ0v) is 16.1. The first kappa shape index (κ1) is 18.5. The predicted octanol–water partition coefficient (Wildman–Crippen LogP) is 5.04. The molecule has 3 rings (SSSR count). The maximum Gasteiger partial charge on any atom is 0.337 e. The van der Waals surface area contributed by atoms with Crippen LogP contribution in [0.15, 0.2) is 58.4 Å². The number of aliphatic carboxylic acids is 1. The van der Waals surface area contributed by atoms with Gasteiger partial charge in [0.2, 0.25) is 5.88 Å². The number of hydrogen-bond donors (Lipinski definition) is 1. The van der Waals surface area contributed by atoms with Crippen LogP contribution in [-0.4, -0.2) is 17.7 Å². The SMILES string of the molecule is CCOC1=C(C(=O)O)C(C)c2ccc(Br)cc2N1Cc1cccc(F)c1. The molecule has 0 fully saturated rings. The van der Waals surface area contributed by atoms with Gasteiger partial charge in [0.05, 0.1) is 13.2 Å². The zero-order valence-electron chi connectivity index (χ0n) is 14.5. The molecule has 6 heteroatoms. The van der Waals surface area contributed by atoms with Gasteiger partial charge in [-0.05, 0) is 42.3 Å². The average molecular weight is 420 g/mol. The lowest BCUT2D eigenvalue weighted by atomic mass is 9.88. The van der Waals surface area contributed by atoms with Crippen molar-refractivity contribution >= 4 is 27.6 Å². The van der Waals surface area contributed by atoms with Crippen molar-refractivity contribution in [3.63, 3.8) is 0 Å². The number of anilines is 1. The highest BCUT2D eigenvalue weighted by Crippen LogP contribution is 2.43. The second-order valence-electron chi connectivity index (χ2n) is 6.10. The minimum Gasteiger partial charge on any atom is -0.479 e. The first-order valence-electron chi connectivity index (χ1n) is 8.34. The molecular weight excluding hydrogens is 401 g/mol. The maximum atomic E-state index is 13.6. The van der Waals surface area contributed by atoms with E-state index >= 15 is 0 Å². The van der Waals surface area contributed by atoms with E-state index in [0.29, 0.717) is 19.0 Å². The van der Waals surface area contributed by atoms with Crippen LogP contribution < -0.4 is 4.90 Å². The number of carboxylic acid groups (broad SMARTS) is 1. The first-order valence-corrected chi connectivity index (χ1v) is 9.13. The lowest BCUT2D eigenvalue weighted by molar-refractivity contribution is -0.133. The summed E-state index contributed by atoms with van der Waals surface area (Å²) >= 11 is 3.48. The molecule has 1 N–H and O–H groups in total. The molecule has 0 spiro atoms. The highest BCUT2D eigenvalue weighted by atomic mass is 79.9. The number of hydrogen-bond acceptors (Lipinski definition) is 3. The Kier molecular flexibility index (Phi) is 5.32. The summed E-state index contributed by atoms with van der Waals surface area (Å²) in [7, 11) is 0. The minimum absolute atomic E-state index is 0.207. The fourth-order valence-electron chi connectivity index (χ4n) is 3.26. The van der Waals surface area contributed by atoms with Crippen molar-refractivity contribution < 1.29 is 19.0 Å². The van der Waals surface area contributed by atoms with Gasteiger partial charge in [0, 0.05) is 16.1 Å². The number of fused-ring (bicyclic) bond motifs is 1. The van der Waals surface area contributed by atoms with Gasteiger partial charge in [0.15, 0.2) is 0 Å². The smallest absolute Gasteiger partial charge is 0.337 e. The van der Waals surface area contributed by atoms with Gasteiger partial charge in [0.1, 0.15) is 11.4 Å². The van der Waals surface area contributed by atoms with Gasteiger partial charge < -0.3 is 14.7 Å². The standard InChI is InChI=1S/C20H19BrFNO3/c1-3-26-19-18(20(24)25)12(2)16-8-7-14(21)10-17(16)23(19)11-13-5-4-6-15(22)9-13/h4-10,12H,3,11H2,1-2H3,(H,24,25). The largest absolute Gasteiger partial charge is 0.479 e. The van der Waals surface area contributed by atoms with Gasteiger partial charge in [-0.2, -0.15) is 0 Å². The van der Waals surface area contributed by atoms with Crippen molar-refractivity contribution in [2.75, 3.05) is 11.5 Å². The lowest BCUT2D eigenvalue weighted by Crippen LogP contribution is -2.33. The van der Waals surface area contributed by atoms with E-state index in [0.717, 1.165) is 21.3 Å². The van der Waals surface area contributed by atoms with E-state index in [-0.39, 0.29) is 17.3 Å². The van der Waals surface area contributed by atoms with E-state index in [1.807, 2.05) is 43.0 Å².